The van der Waals surface area contributed by atoms with Crippen molar-refractivity contribution in [2.45, 2.75) is 64.2 Å². The summed E-state index contributed by atoms with van der Waals surface area (Å²) in [4.78, 5) is 22.2. The van der Waals surface area contributed by atoms with Crippen molar-refractivity contribution in [3.05, 3.63) is 131 Å². The molecule has 324 valence electrons. The normalized spacial score (nSPS) is 25.2. The van der Waals surface area contributed by atoms with E-state index >= 15 is 0 Å². The van der Waals surface area contributed by atoms with Gasteiger partial charge in [-0.05, 0) is 171 Å². The first-order chi connectivity index (χ1) is 29.2. The van der Waals surface area contributed by atoms with E-state index in [2.05, 4.69) is 10.6 Å². The Morgan fingerprint density at radius 1 is 0.500 bits per heavy atom. The number of allylic oxidation sites excluding steroid dienone is 2. The van der Waals surface area contributed by atoms with E-state index in [1.165, 1.54) is 81.4 Å². The third kappa shape index (κ3) is 13.5. The zero-order chi connectivity index (χ0) is 41.1. The standard InChI is InChI=1S/C25H29O6P.C25H28O3.3Na.H2O/c26-32(27,28)31-23-8-4-5-19(16-23)25(30-10-9-29-22-6-2-1-3-7-22)24-20-12-17-11-18(14-20)15-21(24)13-17;26-22-6-4-5-19(16-22)25(28-10-9-27-23-7-2-1-3-8-23)24-20-12-17-11-18(14-20)15-21(24)13-17;;;;/h1-8,16-18,20-21H,9-15H2,(H2,26,27,28);1-8,16-18,20-21,26H,9-15H2;;;;1H2/q;;3*+1;/p-3. The molecule has 8 saturated carbocycles. The van der Waals surface area contributed by atoms with Gasteiger partial charge in [-0.1, -0.05) is 60.7 Å². The van der Waals surface area contributed by atoms with Crippen molar-refractivity contribution in [1.82, 2.24) is 0 Å². The van der Waals surface area contributed by atoms with Gasteiger partial charge in [-0.15, -0.1) is 0 Å². The molecule has 8 bridgehead atoms. The molecule has 10 nitrogen and oxygen atoms in total. The largest absolute Gasteiger partial charge is 1.00 e. The van der Waals surface area contributed by atoms with Crippen molar-refractivity contribution in [2.24, 2.45) is 47.3 Å². The first-order valence-corrected chi connectivity index (χ1v) is 23.4. The van der Waals surface area contributed by atoms with Crippen LogP contribution < -0.4 is 112 Å². The van der Waals surface area contributed by atoms with Gasteiger partial charge < -0.3 is 48.4 Å². The van der Waals surface area contributed by atoms with Crippen molar-refractivity contribution in [3.63, 3.8) is 0 Å². The molecule has 0 aliphatic heterocycles. The van der Waals surface area contributed by atoms with E-state index in [-0.39, 0.29) is 99.9 Å². The topological polar surface area (TPSA) is 160 Å². The molecule has 0 heterocycles. The van der Waals surface area contributed by atoms with Gasteiger partial charge >= 0.3 is 88.7 Å². The molecule has 8 aliphatic carbocycles. The Balaban J connectivity index is 0.000000228. The second kappa shape index (κ2) is 24.5. The predicted molar refractivity (Wildman–Crippen MR) is 228 cm³/mol. The third-order valence-electron chi connectivity index (χ3n) is 13.7. The monoisotopic (exact) mass is 916 g/mol. The summed E-state index contributed by atoms with van der Waals surface area (Å²) >= 11 is 0. The van der Waals surface area contributed by atoms with Gasteiger partial charge in [-0.2, -0.15) is 0 Å². The van der Waals surface area contributed by atoms with E-state index in [1.807, 2.05) is 78.9 Å². The van der Waals surface area contributed by atoms with Gasteiger partial charge in [0.2, 0.25) is 0 Å². The zero-order valence-corrected chi connectivity index (χ0v) is 44.4. The Kier molecular flexibility index (Phi) is 20.4. The Morgan fingerprint density at radius 2 is 0.875 bits per heavy atom. The van der Waals surface area contributed by atoms with Gasteiger partial charge in [0.25, 0.3) is 0 Å². The molecule has 0 atom stereocenters. The van der Waals surface area contributed by atoms with Crippen LogP contribution in [-0.4, -0.2) is 37.0 Å². The van der Waals surface area contributed by atoms with Crippen LogP contribution in [0.2, 0.25) is 0 Å². The number of phenols is 1. The van der Waals surface area contributed by atoms with Crippen LogP contribution in [0.1, 0.15) is 75.3 Å². The van der Waals surface area contributed by atoms with Crippen molar-refractivity contribution in [1.29, 1.82) is 0 Å². The Morgan fingerprint density at radius 3 is 1.27 bits per heavy atom. The average Bonchev–Trinajstić information content (AvgIpc) is 3.22. The molecular weight excluding hydrogens is 860 g/mol. The first-order valence-electron chi connectivity index (χ1n) is 21.9. The Hall–Kier alpha value is -1.73. The summed E-state index contributed by atoms with van der Waals surface area (Å²) in [6, 6.07) is 33.7. The minimum Gasteiger partial charge on any atom is -0.870 e. The van der Waals surface area contributed by atoms with Crippen LogP contribution in [0.3, 0.4) is 0 Å². The number of hydrogen-bond acceptors (Lipinski definition) is 10. The van der Waals surface area contributed by atoms with E-state index in [0.29, 0.717) is 55.8 Å². The predicted octanol–water partition coefficient (Wildman–Crippen LogP) is 0.647. The molecule has 4 aromatic carbocycles. The molecule has 0 radical (unpaired) electrons. The average molecular weight is 917 g/mol. The van der Waals surface area contributed by atoms with Crippen LogP contribution in [0.25, 0.3) is 11.5 Å². The quantitative estimate of drug-likeness (QED) is 0.0825. The number of phosphoric ester groups is 1. The second-order valence-corrected chi connectivity index (χ2v) is 18.9. The van der Waals surface area contributed by atoms with E-state index in [9.17, 15) is 19.5 Å². The number of para-hydroxylation sites is 2. The molecule has 4 aromatic rings. The maximum atomic E-state index is 11.1. The van der Waals surface area contributed by atoms with Crippen LogP contribution in [0, 0.1) is 47.3 Å². The number of benzene rings is 4. The number of rotatable bonds is 14. The summed E-state index contributed by atoms with van der Waals surface area (Å²) in [5, 5.41) is 10.0. The summed E-state index contributed by atoms with van der Waals surface area (Å²) in [5.41, 5.74) is 4.61. The van der Waals surface area contributed by atoms with E-state index < -0.39 is 7.82 Å². The molecule has 64 heavy (non-hydrogen) atoms. The van der Waals surface area contributed by atoms with Crippen molar-refractivity contribution in [3.8, 4) is 23.0 Å². The van der Waals surface area contributed by atoms with Crippen LogP contribution in [0.15, 0.2) is 120 Å². The van der Waals surface area contributed by atoms with Crippen LogP contribution in [0.5, 0.6) is 23.0 Å². The summed E-state index contributed by atoms with van der Waals surface area (Å²) < 4.78 is 40.1. The van der Waals surface area contributed by atoms with E-state index in [0.717, 1.165) is 57.8 Å². The van der Waals surface area contributed by atoms with Crippen molar-refractivity contribution >= 4 is 19.3 Å². The third-order valence-corrected chi connectivity index (χ3v) is 14.1. The van der Waals surface area contributed by atoms with Crippen LogP contribution in [-0.2, 0) is 14.0 Å². The molecule has 12 rings (SSSR count). The SMILES string of the molecule is O=P([O-])([O-])Oc1cccc(C(OCCOc2ccccc2)=C2C3CC4CC(C3)CC2C4)c1.Oc1cccc(C(OCCOc2ccccc2)=C2C3CC4CC(C3)CC2C4)c1.[Na+].[Na+].[Na+].[OH-]. The maximum Gasteiger partial charge on any atom is 1.00 e. The van der Waals surface area contributed by atoms with Gasteiger partial charge in [0.05, 0.1) is 0 Å². The van der Waals surface area contributed by atoms with Crippen molar-refractivity contribution in [2.75, 3.05) is 26.4 Å². The molecular formula is C50H56Na3O10P. The fraction of sp³-hybridized carbons (Fsp3) is 0.440. The van der Waals surface area contributed by atoms with Gasteiger partial charge in [0.15, 0.2) is 0 Å². The number of ether oxygens (including phenoxy) is 4. The smallest absolute Gasteiger partial charge is 0.870 e. The van der Waals surface area contributed by atoms with Gasteiger partial charge in [-0.3, -0.25) is 0 Å². The number of phenolic OH excluding ortho intramolecular Hbond substituents is 1. The molecule has 0 saturated heterocycles. The molecule has 0 amide bonds. The van der Waals surface area contributed by atoms with E-state index in [4.69, 9.17) is 18.9 Å². The van der Waals surface area contributed by atoms with Gasteiger partial charge in [0.1, 0.15) is 68.8 Å². The molecule has 0 spiro atoms. The molecule has 2 N–H and O–H groups in total. The number of aromatic hydroxyl groups is 1. The molecule has 0 aromatic heterocycles. The van der Waals surface area contributed by atoms with Crippen molar-refractivity contribution < 1.29 is 137 Å². The molecule has 8 aliphatic rings. The summed E-state index contributed by atoms with van der Waals surface area (Å²) in [6.45, 7) is 1.79. The maximum absolute atomic E-state index is 11.1. The Bertz CT molecular complexity index is 2160. The van der Waals surface area contributed by atoms with Crippen LogP contribution in [0.4, 0.5) is 0 Å². The molecule has 14 heteroatoms. The summed E-state index contributed by atoms with van der Waals surface area (Å²) in [7, 11) is -5.13. The molecule has 8 fully saturated rings. The fourth-order valence-corrected chi connectivity index (χ4v) is 12.3. The Labute approximate surface area is 444 Å². The van der Waals surface area contributed by atoms with E-state index in [1.54, 1.807) is 18.2 Å². The summed E-state index contributed by atoms with van der Waals surface area (Å²) in [6.07, 6.45) is 12.8. The zero-order valence-electron chi connectivity index (χ0n) is 37.5. The second-order valence-electron chi connectivity index (χ2n) is 17.8. The number of hydrogen-bond donors (Lipinski definition) is 1. The fourth-order valence-electron chi connectivity index (χ4n) is 11.9. The first kappa shape index (κ1) is 53.2. The number of phosphoric acid groups is 1. The minimum atomic E-state index is -5.13. The summed E-state index contributed by atoms with van der Waals surface area (Å²) in [5.74, 6) is 9.54. The molecule has 0 unspecified atom stereocenters. The minimum absolute atomic E-state index is 0. The van der Waals surface area contributed by atoms with Crippen LogP contribution >= 0.6 is 7.82 Å². The van der Waals surface area contributed by atoms with Gasteiger partial charge in [-0.25, -0.2) is 0 Å². The van der Waals surface area contributed by atoms with Gasteiger partial charge in [0, 0.05) is 11.1 Å².